The molecule has 0 aliphatic carbocycles. The minimum absolute atomic E-state index is 0.220. The first-order valence-electron chi connectivity index (χ1n) is 3.87. The van der Waals surface area contributed by atoms with E-state index in [0.717, 1.165) is 6.07 Å². The van der Waals surface area contributed by atoms with Gasteiger partial charge in [0.15, 0.2) is 0 Å². The van der Waals surface area contributed by atoms with Crippen molar-refractivity contribution in [3.05, 3.63) is 46.5 Å². The van der Waals surface area contributed by atoms with Crippen molar-refractivity contribution < 1.29 is 9.31 Å². The highest BCUT2D eigenvalue weighted by Gasteiger charge is 2.17. The maximum absolute atomic E-state index is 13.1. The van der Waals surface area contributed by atoms with Crippen LogP contribution in [0.4, 0.5) is 10.1 Å². The SMILES string of the molecule is O=[N+]([O-])c1c(F)ccc2ccncc12. The fourth-order valence-electron chi connectivity index (χ4n) is 1.30. The van der Waals surface area contributed by atoms with Crippen LogP contribution in [0.25, 0.3) is 10.8 Å². The van der Waals surface area contributed by atoms with Gasteiger partial charge in [0.25, 0.3) is 0 Å². The maximum atomic E-state index is 13.1. The minimum atomic E-state index is -0.838. The Balaban J connectivity index is 2.90. The molecule has 70 valence electrons. The number of benzene rings is 1. The standard InChI is InChI=1S/C9H5FN2O2/c10-8-2-1-6-3-4-11-5-7(6)9(8)12(13)14/h1-5H. The van der Waals surface area contributed by atoms with Crippen LogP contribution in [0.3, 0.4) is 0 Å². The molecule has 0 unspecified atom stereocenters. The molecule has 0 atom stereocenters. The molecule has 2 aromatic rings. The molecule has 14 heavy (non-hydrogen) atoms. The molecule has 1 heterocycles. The van der Waals surface area contributed by atoms with Gasteiger partial charge in [0.2, 0.25) is 5.82 Å². The summed E-state index contributed by atoms with van der Waals surface area (Å²) < 4.78 is 13.1. The van der Waals surface area contributed by atoms with E-state index < -0.39 is 16.4 Å². The molecule has 0 aliphatic rings. The van der Waals surface area contributed by atoms with E-state index in [-0.39, 0.29) is 5.39 Å². The molecule has 4 nitrogen and oxygen atoms in total. The van der Waals surface area contributed by atoms with Crippen molar-refractivity contribution in [3.8, 4) is 0 Å². The average molecular weight is 192 g/mol. The van der Waals surface area contributed by atoms with Gasteiger partial charge < -0.3 is 0 Å². The Morgan fingerprint density at radius 3 is 2.86 bits per heavy atom. The highest BCUT2D eigenvalue weighted by Crippen LogP contribution is 2.27. The van der Waals surface area contributed by atoms with Crippen molar-refractivity contribution in [2.45, 2.75) is 0 Å². The third-order valence-corrected chi connectivity index (χ3v) is 1.93. The summed E-state index contributed by atoms with van der Waals surface area (Å²) in [6.07, 6.45) is 2.79. The molecule has 0 saturated heterocycles. The fourth-order valence-corrected chi connectivity index (χ4v) is 1.30. The van der Waals surface area contributed by atoms with Crippen molar-refractivity contribution in [2.75, 3.05) is 0 Å². The lowest BCUT2D eigenvalue weighted by Crippen LogP contribution is -1.93. The van der Waals surface area contributed by atoms with Gasteiger partial charge >= 0.3 is 5.69 Å². The highest BCUT2D eigenvalue weighted by molar-refractivity contribution is 5.90. The molecule has 0 saturated carbocycles. The van der Waals surface area contributed by atoms with E-state index in [1.807, 2.05) is 0 Å². The number of nitro benzene ring substituents is 1. The molecule has 2 rings (SSSR count). The van der Waals surface area contributed by atoms with Gasteiger partial charge in [-0.15, -0.1) is 0 Å². The molecule has 0 aliphatic heterocycles. The van der Waals surface area contributed by atoms with E-state index >= 15 is 0 Å². The summed E-state index contributed by atoms with van der Waals surface area (Å²) in [4.78, 5) is 13.6. The van der Waals surface area contributed by atoms with Crippen LogP contribution in [0.5, 0.6) is 0 Å². The molecular weight excluding hydrogens is 187 g/mol. The second-order valence-electron chi connectivity index (χ2n) is 2.75. The third kappa shape index (κ3) is 1.19. The summed E-state index contributed by atoms with van der Waals surface area (Å²) in [5.74, 6) is -0.838. The van der Waals surface area contributed by atoms with Crippen LogP contribution >= 0.6 is 0 Å². The van der Waals surface area contributed by atoms with Crippen molar-refractivity contribution in [2.24, 2.45) is 0 Å². The van der Waals surface area contributed by atoms with Gasteiger partial charge in [-0.2, -0.15) is 4.39 Å². The lowest BCUT2D eigenvalue weighted by molar-refractivity contribution is -0.385. The molecule has 5 heteroatoms. The number of fused-ring (bicyclic) bond motifs is 1. The first-order valence-corrected chi connectivity index (χ1v) is 3.87. The maximum Gasteiger partial charge on any atom is 0.314 e. The van der Waals surface area contributed by atoms with Crippen molar-refractivity contribution in [3.63, 3.8) is 0 Å². The predicted molar refractivity (Wildman–Crippen MR) is 48.4 cm³/mol. The lowest BCUT2D eigenvalue weighted by Gasteiger charge is -1.98. The Morgan fingerprint density at radius 2 is 2.14 bits per heavy atom. The van der Waals surface area contributed by atoms with E-state index in [1.54, 1.807) is 6.07 Å². The number of pyridine rings is 1. The number of halogens is 1. The number of nitrogens with zero attached hydrogens (tertiary/aromatic N) is 2. The molecule has 0 bridgehead atoms. The lowest BCUT2D eigenvalue weighted by atomic mass is 10.1. The van der Waals surface area contributed by atoms with E-state index in [1.165, 1.54) is 18.5 Å². The molecule has 0 radical (unpaired) electrons. The van der Waals surface area contributed by atoms with E-state index in [9.17, 15) is 14.5 Å². The summed E-state index contributed by atoms with van der Waals surface area (Å²) in [6, 6.07) is 4.17. The van der Waals surface area contributed by atoms with E-state index in [2.05, 4.69) is 4.98 Å². The smallest absolute Gasteiger partial charge is 0.264 e. The van der Waals surface area contributed by atoms with Crippen molar-refractivity contribution in [1.82, 2.24) is 4.98 Å². The van der Waals surface area contributed by atoms with Crippen LogP contribution in [0.1, 0.15) is 0 Å². The van der Waals surface area contributed by atoms with Gasteiger partial charge in [0.05, 0.1) is 10.3 Å². The topological polar surface area (TPSA) is 56.0 Å². The Hall–Kier alpha value is -2.04. The van der Waals surface area contributed by atoms with Crippen LogP contribution in [0.15, 0.2) is 30.6 Å². The van der Waals surface area contributed by atoms with Gasteiger partial charge in [-0.25, -0.2) is 0 Å². The van der Waals surface area contributed by atoms with Crippen LogP contribution in [0.2, 0.25) is 0 Å². The largest absolute Gasteiger partial charge is 0.314 e. The first-order chi connectivity index (χ1) is 6.70. The van der Waals surface area contributed by atoms with Crippen LogP contribution in [-0.2, 0) is 0 Å². The zero-order chi connectivity index (χ0) is 10.1. The summed E-state index contributed by atoms with van der Waals surface area (Å²) in [7, 11) is 0. The van der Waals surface area contributed by atoms with Crippen molar-refractivity contribution in [1.29, 1.82) is 0 Å². The number of nitro groups is 1. The van der Waals surface area contributed by atoms with Gasteiger partial charge in [0, 0.05) is 12.4 Å². The predicted octanol–water partition coefficient (Wildman–Crippen LogP) is 2.28. The molecule has 0 N–H and O–H groups in total. The fraction of sp³-hybridized carbons (Fsp3) is 0. The minimum Gasteiger partial charge on any atom is -0.264 e. The highest BCUT2D eigenvalue weighted by atomic mass is 19.1. The summed E-state index contributed by atoms with van der Waals surface area (Å²) in [6.45, 7) is 0. The molecule has 0 amide bonds. The third-order valence-electron chi connectivity index (χ3n) is 1.93. The normalized spacial score (nSPS) is 10.4. The molecule has 1 aromatic heterocycles. The zero-order valence-corrected chi connectivity index (χ0v) is 6.98. The van der Waals surface area contributed by atoms with E-state index in [0.29, 0.717) is 5.39 Å². The second kappa shape index (κ2) is 3.02. The van der Waals surface area contributed by atoms with Gasteiger partial charge in [-0.05, 0) is 17.5 Å². The average Bonchev–Trinajstić information content (AvgIpc) is 2.17. The zero-order valence-electron chi connectivity index (χ0n) is 6.98. The van der Waals surface area contributed by atoms with Crippen molar-refractivity contribution >= 4 is 16.5 Å². The molecule has 1 aromatic carbocycles. The monoisotopic (exact) mass is 192 g/mol. The summed E-state index contributed by atoms with van der Waals surface area (Å²) in [5, 5.41) is 11.4. The van der Waals surface area contributed by atoms with Crippen LogP contribution in [0, 0.1) is 15.9 Å². The van der Waals surface area contributed by atoms with Crippen LogP contribution < -0.4 is 0 Å². The van der Waals surface area contributed by atoms with Gasteiger partial charge in [-0.3, -0.25) is 15.1 Å². The summed E-state index contributed by atoms with van der Waals surface area (Å²) >= 11 is 0. The first kappa shape index (κ1) is 8.55. The van der Waals surface area contributed by atoms with E-state index in [4.69, 9.17) is 0 Å². The Morgan fingerprint density at radius 1 is 1.36 bits per heavy atom. The summed E-state index contributed by atoms with van der Waals surface area (Å²) in [5.41, 5.74) is -0.518. The van der Waals surface area contributed by atoms with Gasteiger partial charge in [-0.1, -0.05) is 6.07 Å². The molecular formula is C9H5FN2O2. The second-order valence-corrected chi connectivity index (χ2v) is 2.75. The quantitative estimate of drug-likeness (QED) is 0.514. The number of hydrogen-bond donors (Lipinski definition) is 0. The molecule has 0 fully saturated rings. The number of rotatable bonds is 1. The Kier molecular flexibility index (Phi) is 1.85. The Bertz CT molecular complexity index is 513. The molecule has 0 spiro atoms. The number of aromatic nitrogens is 1. The number of hydrogen-bond acceptors (Lipinski definition) is 3. The van der Waals surface area contributed by atoms with Gasteiger partial charge in [0.1, 0.15) is 0 Å². The van der Waals surface area contributed by atoms with Crippen LogP contribution in [-0.4, -0.2) is 9.91 Å². The Labute approximate surface area is 78.2 Å².